The van der Waals surface area contributed by atoms with Crippen molar-refractivity contribution in [2.24, 2.45) is 5.92 Å². The first-order valence-electron chi connectivity index (χ1n) is 14.9. The Morgan fingerprint density at radius 3 is 1.90 bits per heavy atom. The largest absolute Gasteiger partial charge is 0.309 e. The lowest BCUT2D eigenvalue weighted by Gasteiger charge is -2.24. The second-order valence-corrected chi connectivity index (χ2v) is 11.4. The summed E-state index contributed by atoms with van der Waals surface area (Å²) in [5.41, 5.74) is 10.1. The third-order valence-corrected chi connectivity index (χ3v) is 8.86. The SMILES string of the molecule is C1=CC(c2ccc(-c3ccccc3)cc2)=CC(C2C=CC(c3ccc(-n4c5ccccc5c5ccccc54)cc3)N2)C1. The molecule has 1 aliphatic carbocycles. The van der Waals surface area contributed by atoms with Gasteiger partial charge in [0.15, 0.2) is 0 Å². The van der Waals surface area contributed by atoms with E-state index in [0.29, 0.717) is 12.0 Å². The molecule has 0 spiro atoms. The van der Waals surface area contributed by atoms with Gasteiger partial charge in [0.1, 0.15) is 0 Å². The molecule has 3 atom stereocenters. The molecule has 202 valence electrons. The fourth-order valence-electron chi connectivity index (χ4n) is 6.69. The highest BCUT2D eigenvalue weighted by Gasteiger charge is 2.26. The summed E-state index contributed by atoms with van der Waals surface area (Å²) in [6.07, 6.45) is 12.8. The van der Waals surface area contributed by atoms with Gasteiger partial charge in [0.05, 0.1) is 17.1 Å². The number of hydrogen-bond donors (Lipinski definition) is 1. The topological polar surface area (TPSA) is 17.0 Å². The number of aromatic nitrogens is 1. The molecule has 2 nitrogen and oxygen atoms in total. The van der Waals surface area contributed by atoms with E-state index >= 15 is 0 Å². The fourth-order valence-corrected chi connectivity index (χ4v) is 6.69. The summed E-state index contributed by atoms with van der Waals surface area (Å²) < 4.78 is 2.38. The Hall–Kier alpha value is -4.92. The number of rotatable bonds is 5. The zero-order chi connectivity index (χ0) is 27.9. The molecule has 0 radical (unpaired) electrons. The van der Waals surface area contributed by atoms with E-state index in [1.165, 1.54) is 55.3 Å². The van der Waals surface area contributed by atoms with Crippen molar-refractivity contribution in [3.8, 4) is 16.8 Å². The van der Waals surface area contributed by atoms with Crippen molar-refractivity contribution in [2.75, 3.05) is 0 Å². The lowest BCUT2D eigenvalue weighted by atomic mass is 9.87. The van der Waals surface area contributed by atoms with Gasteiger partial charge >= 0.3 is 0 Å². The maximum atomic E-state index is 3.90. The van der Waals surface area contributed by atoms with Crippen LogP contribution in [-0.4, -0.2) is 10.6 Å². The maximum absolute atomic E-state index is 3.90. The standard InChI is InChI=1S/C40H32N2/c1-2-9-28(10-3-1)29-17-19-30(20-18-29)32-11-8-12-33(27-32)38-26-25-37(41-38)31-21-23-34(24-22-31)42-39-15-6-4-13-35(39)36-14-5-7-16-40(36)42/h1-11,13-27,33,37-38,41H,12H2. The van der Waals surface area contributed by atoms with Gasteiger partial charge < -0.3 is 4.57 Å². The summed E-state index contributed by atoms with van der Waals surface area (Å²) in [5, 5.41) is 6.48. The van der Waals surface area contributed by atoms with Gasteiger partial charge in [-0.25, -0.2) is 0 Å². The van der Waals surface area contributed by atoms with Crippen LogP contribution in [0.25, 0.3) is 44.2 Å². The van der Waals surface area contributed by atoms with Crippen molar-refractivity contribution < 1.29 is 0 Å². The van der Waals surface area contributed by atoms with Gasteiger partial charge in [-0.1, -0.05) is 134 Å². The predicted molar refractivity (Wildman–Crippen MR) is 177 cm³/mol. The lowest BCUT2D eigenvalue weighted by molar-refractivity contribution is 0.474. The quantitative estimate of drug-likeness (QED) is 0.215. The average Bonchev–Trinajstić information content (AvgIpc) is 3.69. The van der Waals surface area contributed by atoms with Crippen LogP contribution in [0, 0.1) is 5.92 Å². The first-order valence-corrected chi connectivity index (χ1v) is 14.9. The van der Waals surface area contributed by atoms with E-state index in [4.69, 9.17) is 0 Å². The van der Waals surface area contributed by atoms with Crippen LogP contribution in [0.1, 0.15) is 23.6 Å². The van der Waals surface area contributed by atoms with Crippen molar-refractivity contribution in [3.05, 3.63) is 169 Å². The molecule has 0 bridgehead atoms. The van der Waals surface area contributed by atoms with Crippen LogP contribution < -0.4 is 5.32 Å². The zero-order valence-corrected chi connectivity index (χ0v) is 23.4. The number of fused-ring (bicyclic) bond motifs is 3. The molecule has 3 unspecified atom stereocenters. The molecule has 5 aromatic carbocycles. The third kappa shape index (κ3) is 4.41. The minimum atomic E-state index is 0.218. The van der Waals surface area contributed by atoms with Gasteiger partial charge in [-0.3, -0.25) is 5.32 Å². The number of nitrogens with one attached hydrogen (secondary N) is 1. The second kappa shape index (κ2) is 10.5. The Labute approximate surface area is 247 Å². The van der Waals surface area contributed by atoms with Crippen molar-refractivity contribution in [2.45, 2.75) is 18.5 Å². The molecular formula is C40H32N2. The Balaban J connectivity index is 1.00. The lowest BCUT2D eigenvalue weighted by Crippen LogP contribution is -2.32. The highest BCUT2D eigenvalue weighted by atomic mass is 15.0. The van der Waals surface area contributed by atoms with Gasteiger partial charge in [0.25, 0.3) is 0 Å². The smallest absolute Gasteiger partial charge is 0.0541 e. The minimum Gasteiger partial charge on any atom is -0.309 e. The van der Waals surface area contributed by atoms with E-state index in [9.17, 15) is 0 Å². The van der Waals surface area contributed by atoms with Crippen molar-refractivity contribution in [3.63, 3.8) is 0 Å². The molecule has 0 amide bonds. The van der Waals surface area contributed by atoms with Crippen LogP contribution in [0.3, 0.4) is 0 Å². The summed E-state index contributed by atoms with van der Waals surface area (Å²) in [7, 11) is 0. The van der Waals surface area contributed by atoms with Crippen LogP contribution in [0.5, 0.6) is 0 Å². The molecule has 1 N–H and O–H groups in total. The monoisotopic (exact) mass is 540 g/mol. The maximum Gasteiger partial charge on any atom is 0.0541 e. The average molecular weight is 541 g/mol. The van der Waals surface area contributed by atoms with Crippen molar-refractivity contribution in [1.82, 2.24) is 9.88 Å². The van der Waals surface area contributed by atoms with Crippen LogP contribution in [-0.2, 0) is 0 Å². The number of hydrogen-bond acceptors (Lipinski definition) is 1. The van der Waals surface area contributed by atoms with E-state index in [2.05, 4.69) is 168 Å². The summed E-state index contributed by atoms with van der Waals surface area (Å²) in [6.45, 7) is 0. The molecule has 0 fully saturated rings. The number of allylic oxidation sites excluding steroid dienone is 3. The van der Waals surface area contributed by atoms with Gasteiger partial charge in [-0.15, -0.1) is 0 Å². The molecule has 8 rings (SSSR count). The molecule has 1 aromatic heterocycles. The minimum absolute atomic E-state index is 0.218. The summed E-state index contributed by atoms with van der Waals surface area (Å²) in [5.74, 6) is 0.428. The van der Waals surface area contributed by atoms with Gasteiger partial charge in [-0.05, 0) is 58.5 Å². The highest BCUT2D eigenvalue weighted by Crippen LogP contribution is 2.34. The van der Waals surface area contributed by atoms with Crippen LogP contribution in [0.2, 0.25) is 0 Å². The molecule has 2 heteroatoms. The Kier molecular flexibility index (Phi) is 6.20. The van der Waals surface area contributed by atoms with E-state index in [1.807, 2.05) is 0 Å². The van der Waals surface area contributed by atoms with Crippen molar-refractivity contribution >= 4 is 27.4 Å². The molecular weight excluding hydrogens is 508 g/mol. The van der Waals surface area contributed by atoms with E-state index in [1.54, 1.807) is 0 Å². The summed E-state index contributed by atoms with van der Waals surface area (Å²) >= 11 is 0. The molecule has 42 heavy (non-hydrogen) atoms. The third-order valence-electron chi connectivity index (χ3n) is 8.86. The molecule has 0 saturated heterocycles. The molecule has 2 heterocycles. The summed E-state index contributed by atoms with van der Waals surface area (Å²) in [6, 6.07) is 46.5. The fraction of sp³-hybridized carbons (Fsp3) is 0.100. The van der Waals surface area contributed by atoms with E-state index in [-0.39, 0.29) is 6.04 Å². The van der Waals surface area contributed by atoms with Gasteiger partial charge in [0.2, 0.25) is 0 Å². The van der Waals surface area contributed by atoms with Crippen LogP contribution >= 0.6 is 0 Å². The number of benzene rings is 5. The first kappa shape index (κ1) is 24.8. The Bertz CT molecular complexity index is 1920. The van der Waals surface area contributed by atoms with Crippen molar-refractivity contribution in [1.29, 1.82) is 0 Å². The zero-order valence-electron chi connectivity index (χ0n) is 23.4. The number of para-hydroxylation sites is 2. The van der Waals surface area contributed by atoms with Gasteiger partial charge in [-0.2, -0.15) is 0 Å². The normalized spacial score (nSPS) is 19.9. The van der Waals surface area contributed by atoms with E-state index < -0.39 is 0 Å². The molecule has 6 aromatic rings. The first-order chi connectivity index (χ1) is 20.8. The predicted octanol–water partition coefficient (Wildman–Crippen LogP) is 9.68. The molecule has 2 aliphatic rings. The van der Waals surface area contributed by atoms with Crippen LogP contribution in [0.15, 0.2) is 158 Å². The summed E-state index contributed by atoms with van der Waals surface area (Å²) in [4.78, 5) is 0. The van der Waals surface area contributed by atoms with Gasteiger partial charge in [0, 0.05) is 28.4 Å². The molecule has 0 saturated carbocycles. The number of nitrogens with zero attached hydrogens (tertiary/aromatic N) is 1. The Morgan fingerprint density at radius 2 is 1.19 bits per heavy atom. The van der Waals surface area contributed by atoms with E-state index in [0.717, 1.165) is 6.42 Å². The second-order valence-electron chi connectivity index (χ2n) is 11.4. The molecule has 1 aliphatic heterocycles. The highest BCUT2D eigenvalue weighted by molar-refractivity contribution is 6.09. The Morgan fingerprint density at radius 1 is 0.571 bits per heavy atom. The van der Waals surface area contributed by atoms with Crippen LogP contribution in [0.4, 0.5) is 0 Å².